The van der Waals surface area contributed by atoms with Crippen LogP contribution < -0.4 is 21.3 Å². The van der Waals surface area contributed by atoms with Crippen LogP contribution in [0.1, 0.15) is 23.2 Å². The first-order valence-electron chi connectivity index (χ1n) is 11.6. The number of para-hydroxylation sites is 1. The molecule has 184 valence electrons. The minimum atomic E-state index is -1.78. The number of carbonyl (C=O) groups is 2. The van der Waals surface area contributed by atoms with Crippen molar-refractivity contribution in [2.24, 2.45) is 5.73 Å². The van der Waals surface area contributed by atoms with Crippen LogP contribution in [0.4, 0.5) is 5.69 Å². The molecule has 1 atom stereocenters. The molecule has 5 rings (SSSR count). The van der Waals surface area contributed by atoms with E-state index in [9.17, 15) is 14.4 Å². The Kier molecular flexibility index (Phi) is 5.86. The van der Waals surface area contributed by atoms with Crippen LogP contribution in [-0.4, -0.2) is 61.3 Å². The molecule has 35 heavy (non-hydrogen) atoms. The van der Waals surface area contributed by atoms with Crippen LogP contribution in [0.5, 0.6) is 5.75 Å². The molecule has 2 aromatic rings. The number of aryl methyl sites for hydroxylation is 1. The molecule has 1 aromatic heterocycles. The largest absolute Gasteiger partial charge is 0.465 e. The number of nitrogens with one attached hydrogen (secondary N) is 1. The maximum atomic E-state index is 14.1. The van der Waals surface area contributed by atoms with Gasteiger partial charge in [-0.2, -0.15) is 0 Å². The molecule has 10 heteroatoms. The van der Waals surface area contributed by atoms with Crippen molar-refractivity contribution in [2.75, 3.05) is 45.3 Å². The van der Waals surface area contributed by atoms with E-state index in [2.05, 4.69) is 10.2 Å². The summed E-state index contributed by atoms with van der Waals surface area (Å²) in [6.45, 7) is 6.20. The lowest BCUT2D eigenvalue weighted by molar-refractivity contribution is -0.138. The summed E-state index contributed by atoms with van der Waals surface area (Å²) in [5.74, 6) is -1.49. The van der Waals surface area contributed by atoms with Crippen LogP contribution in [0.3, 0.4) is 0 Å². The van der Waals surface area contributed by atoms with Crippen molar-refractivity contribution < 1.29 is 23.8 Å². The summed E-state index contributed by atoms with van der Waals surface area (Å²) in [4.78, 5) is 43.0. The van der Waals surface area contributed by atoms with Crippen LogP contribution >= 0.6 is 0 Å². The minimum Gasteiger partial charge on any atom is -0.465 e. The van der Waals surface area contributed by atoms with Gasteiger partial charge in [-0.15, -0.1) is 0 Å². The highest BCUT2D eigenvalue weighted by atomic mass is 16.5. The topological polar surface area (TPSA) is 125 Å². The summed E-state index contributed by atoms with van der Waals surface area (Å²) in [5, 5.41) is 2.82. The molecule has 3 aliphatic heterocycles. The highest BCUT2D eigenvalue weighted by Crippen LogP contribution is 2.52. The van der Waals surface area contributed by atoms with Crippen LogP contribution in [-0.2, 0) is 31.0 Å². The molecule has 0 radical (unpaired) electrons. The number of methoxy groups -OCH3 is 1. The first kappa shape index (κ1) is 23.1. The van der Waals surface area contributed by atoms with Gasteiger partial charge >= 0.3 is 5.97 Å². The molecule has 1 spiro atoms. The van der Waals surface area contributed by atoms with Crippen LogP contribution in [0.15, 0.2) is 46.6 Å². The van der Waals surface area contributed by atoms with E-state index in [0.717, 1.165) is 26.1 Å². The van der Waals surface area contributed by atoms with E-state index in [4.69, 9.17) is 19.9 Å². The number of anilines is 1. The van der Waals surface area contributed by atoms with E-state index < -0.39 is 22.9 Å². The van der Waals surface area contributed by atoms with Crippen molar-refractivity contribution in [1.82, 2.24) is 9.47 Å². The van der Waals surface area contributed by atoms with Crippen molar-refractivity contribution in [3.05, 3.63) is 69.0 Å². The number of rotatable bonds is 5. The quantitative estimate of drug-likeness (QED) is 0.604. The Balaban J connectivity index is 1.65. The van der Waals surface area contributed by atoms with Gasteiger partial charge in [-0.05, 0) is 19.4 Å². The molecular formula is C25H28N4O6. The van der Waals surface area contributed by atoms with Crippen LogP contribution in [0.25, 0.3) is 0 Å². The average molecular weight is 481 g/mol. The summed E-state index contributed by atoms with van der Waals surface area (Å²) in [6, 6.07) is 8.64. The second-order valence-corrected chi connectivity index (χ2v) is 8.87. The summed E-state index contributed by atoms with van der Waals surface area (Å²) >= 11 is 0. The van der Waals surface area contributed by atoms with Gasteiger partial charge in [-0.25, -0.2) is 4.79 Å². The zero-order valence-corrected chi connectivity index (χ0v) is 19.8. The molecule has 0 saturated carbocycles. The fourth-order valence-electron chi connectivity index (χ4n) is 5.31. The van der Waals surface area contributed by atoms with Gasteiger partial charge in [0.2, 0.25) is 11.8 Å². The first-order chi connectivity index (χ1) is 16.9. The number of aromatic nitrogens is 1. The van der Waals surface area contributed by atoms with E-state index in [-0.39, 0.29) is 22.8 Å². The number of morpholine rings is 1. The fraction of sp³-hybridized carbons (Fsp3) is 0.400. The number of esters is 1. The third-order valence-electron chi connectivity index (χ3n) is 6.96. The van der Waals surface area contributed by atoms with Gasteiger partial charge in [-0.1, -0.05) is 18.2 Å². The number of nitrogens with zero attached hydrogens (tertiary/aromatic N) is 2. The molecule has 0 bridgehead atoms. The predicted octanol–water partition coefficient (Wildman–Crippen LogP) is 0.853. The molecule has 0 aliphatic carbocycles. The van der Waals surface area contributed by atoms with E-state index in [1.807, 2.05) is 6.92 Å². The minimum absolute atomic E-state index is 0.0616. The van der Waals surface area contributed by atoms with Gasteiger partial charge in [-0.3, -0.25) is 14.5 Å². The molecule has 1 fully saturated rings. The van der Waals surface area contributed by atoms with Gasteiger partial charge < -0.3 is 29.8 Å². The smallest absolute Gasteiger partial charge is 0.340 e. The van der Waals surface area contributed by atoms with Crippen molar-refractivity contribution in [3.8, 4) is 5.75 Å². The number of ether oxygens (including phenoxy) is 3. The second-order valence-electron chi connectivity index (χ2n) is 8.87. The Hall–Kier alpha value is -3.63. The highest BCUT2D eigenvalue weighted by molar-refractivity contribution is 6.17. The lowest BCUT2D eigenvalue weighted by atomic mass is 9.68. The standard InChI is InChI=1S/C25H28N4O6/c1-15-14-18-19(22(30)29(15)9-5-8-28-10-12-34-13-11-28)25(20(21(26)35-18)23(31)33-2)16-6-3-4-7-17(16)27-24(25)32/h3-4,6-7,14H,5,8-13,26H2,1-2H3,(H,27,32). The third-order valence-corrected chi connectivity index (χ3v) is 6.96. The number of hydrogen-bond acceptors (Lipinski definition) is 8. The summed E-state index contributed by atoms with van der Waals surface area (Å²) < 4.78 is 17.8. The van der Waals surface area contributed by atoms with E-state index >= 15 is 0 Å². The fourth-order valence-corrected chi connectivity index (χ4v) is 5.31. The lowest BCUT2D eigenvalue weighted by Gasteiger charge is -2.35. The Bertz CT molecular complexity index is 1290. The first-order valence-corrected chi connectivity index (χ1v) is 11.6. The van der Waals surface area contributed by atoms with Gasteiger partial charge in [0.25, 0.3) is 5.56 Å². The van der Waals surface area contributed by atoms with Crippen molar-refractivity contribution in [3.63, 3.8) is 0 Å². The van der Waals surface area contributed by atoms with Crippen molar-refractivity contribution >= 4 is 17.6 Å². The van der Waals surface area contributed by atoms with Crippen LogP contribution in [0.2, 0.25) is 0 Å². The maximum absolute atomic E-state index is 14.1. The lowest BCUT2D eigenvalue weighted by Crippen LogP contribution is -2.50. The SMILES string of the molecule is COC(=O)C1=C(N)Oc2cc(C)n(CCCN3CCOCC3)c(=O)c2C12C(=O)Nc1ccccc12. The summed E-state index contributed by atoms with van der Waals surface area (Å²) in [6.07, 6.45) is 0.734. The highest BCUT2D eigenvalue weighted by Gasteiger charge is 2.60. The van der Waals surface area contributed by atoms with Gasteiger partial charge in [0, 0.05) is 49.2 Å². The van der Waals surface area contributed by atoms with Gasteiger partial charge in [0.15, 0.2) is 0 Å². The maximum Gasteiger partial charge on any atom is 0.340 e. The predicted molar refractivity (Wildman–Crippen MR) is 127 cm³/mol. The summed E-state index contributed by atoms with van der Waals surface area (Å²) in [5.41, 5.74) is 5.51. The van der Waals surface area contributed by atoms with Gasteiger partial charge in [0.1, 0.15) is 16.7 Å². The normalized spacial score (nSPS) is 21.4. The Morgan fingerprint density at radius 2 is 1.94 bits per heavy atom. The van der Waals surface area contributed by atoms with Crippen molar-refractivity contribution in [2.45, 2.75) is 25.3 Å². The summed E-state index contributed by atoms with van der Waals surface area (Å²) in [7, 11) is 1.20. The molecule has 1 saturated heterocycles. The number of pyridine rings is 1. The average Bonchev–Trinajstić information content (AvgIpc) is 3.13. The zero-order chi connectivity index (χ0) is 24.7. The monoisotopic (exact) mass is 480 g/mol. The number of carbonyl (C=O) groups excluding carboxylic acids is 2. The number of hydrogen-bond donors (Lipinski definition) is 2. The number of fused-ring (bicyclic) bond motifs is 4. The molecule has 3 aliphatic rings. The molecule has 1 unspecified atom stereocenters. The van der Waals surface area contributed by atoms with E-state index in [1.165, 1.54) is 7.11 Å². The number of amides is 1. The second kappa shape index (κ2) is 8.86. The molecule has 1 aromatic carbocycles. The third kappa shape index (κ3) is 3.52. The van der Waals surface area contributed by atoms with E-state index in [1.54, 1.807) is 34.9 Å². The molecule has 1 amide bonds. The Morgan fingerprint density at radius 3 is 2.69 bits per heavy atom. The van der Waals surface area contributed by atoms with E-state index in [0.29, 0.717) is 36.7 Å². The molecule has 3 N–H and O–H groups in total. The zero-order valence-electron chi connectivity index (χ0n) is 19.8. The molecular weight excluding hydrogens is 452 g/mol. The van der Waals surface area contributed by atoms with Crippen molar-refractivity contribution in [1.29, 1.82) is 0 Å². The molecule has 10 nitrogen and oxygen atoms in total. The molecule has 4 heterocycles. The Morgan fingerprint density at radius 1 is 1.20 bits per heavy atom. The van der Waals surface area contributed by atoms with Crippen LogP contribution in [0, 0.1) is 6.92 Å². The van der Waals surface area contributed by atoms with Gasteiger partial charge in [0.05, 0.1) is 25.9 Å². The number of nitrogens with two attached hydrogens (primary N) is 1. The Labute approximate surface area is 202 Å². The number of benzene rings is 1.